The van der Waals surface area contributed by atoms with Crippen molar-refractivity contribution in [3.63, 3.8) is 0 Å². The lowest BCUT2D eigenvalue weighted by molar-refractivity contribution is 0.141. The lowest BCUT2D eigenvalue weighted by Gasteiger charge is -2.24. The lowest BCUT2D eigenvalue weighted by Crippen LogP contribution is -2.46. The molecule has 0 heterocycles. The number of methoxy groups -OCH3 is 1. The maximum absolute atomic E-state index is 12.1. The fraction of sp³-hybridized carbons (Fsp3) is 0.500. The Hall–Kier alpha value is -1.11. The van der Waals surface area contributed by atoms with Crippen molar-refractivity contribution in [2.24, 2.45) is 0 Å². The predicted molar refractivity (Wildman–Crippen MR) is 72.3 cm³/mol. The summed E-state index contributed by atoms with van der Waals surface area (Å²) in [6.07, 6.45) is 0. The van der Waals surface area contributed by atoms with Crippen LogP contribution in [0.15, 0.2) is 29.2 Å². The van der Waals surface area contributed by atoms with Crippen LogP contribution in [0.5, 0.6) is 0 Å². The fourth-order valence-corrected chi connectivity index (χ4v) is 3.01. The summed E-state index contributed by atoms with van der Waals surface area (Å²) in [5, 5.41) is 2.94. The highest BCUT2D eigenvalue weighted by molar-refractivity contribution is 7.89. The average molecular weight is 272 g/mol. The van der Waals surface area contributed by atoms with Crippen LogP contribution in [0.2, 0.25) is 0 Å². The van der Waals surface area contributed by atoms with Crippen LogP contribution in [-0.4, -0.2) is 34.7 Å². The molecule has 102 valence electrons. The molecule has 5 nitrogen and oxygen atoms in total. The number of rotatable bonds is 6. The van der Waals surface area contributed by atoms with Crippen molar-refractivity contribution in [3.05, 3.63) is 24.3 Å². The van der Waals surface area contributed by atoms with E-state index < -0.39 is 15.6 Å². The largest absolute Gasteiger partial charge is 0.388 e. The van der Waals surface area contributed by atoms with Crippen LogP contribution in [0.3, 0.4) is 0 Å². The van der Waals surface area contributed by atoms with Gasteiger partial charge in [0.1, 0.15) is 0 Å². The standard InChI is InChI=1S/C12H20N2O3S/c1-12(2,9-17-4)14-18(15,16)11-7-5-10(13-3)6-8-11/h5-8,13-14H,9H2,1-4H3. The molecule has 0 bridgehead atoms. The van der Waals surface area contributed by atoms with Gasteiger partial charge in [0.2, 0.25) is 10.0 Å². The van der Waals surface area contributed by atoms with Crippen molar-refractivity contribution < 1.29 is 13.2 Å². The second-order valence-corrected chi connectivity index (χ2v) is 6.38. The number of hydrogen-bond acceptors (Lipinski definition) is 4. The normalized spacial score (nSPS) is 12.4. The fourth-order valence-electron chi connectivity index (χ4n) is 1.61. The smallest absolute Gasteiger partial charge is 0.241 e. The second-order valence-electron chi connectivity index (χ2n) is 4.70. The molecule has 0 aliphatic carbocycles. The van der Waals surface area contributed by atoms with Gasteiger partial charge in [0.15, 0.2) is 0 Å². The van der Waals surface area contributed by atoms with Gasteiger partial charge in [-0.1, -0.05) is 0 Å². The van der Waals surface area contributed by atoms with Crippen LogP contribution in [-0.2, 0) is 14.8 Å². The van der Waals surface area contributed by atoms with Gasteiger partial charge in [-0.15, -0.1) is 0 Å². The number of nitrogens with one attached hydrogen (secondary N) is 2. The summed E-state index contributed by atoms with van der Waals surface area (Å²) < 4.78 is 31.9. The Bertz CT molecular complexity index is 481. The van der Waals surface area contributed by atoms with Gasteiger partial charge in [-0.3, -0.25) is 0 Å². The van der Waals surface area contributed by atoms with E-state index >= 15 is 0 Å². The van der Waals surface area contributed by atoms with Gasteiger partial charge < -0.3 is 10.1 Å². The third-order valence-corrected chi connectivity index (χ3v) is 4.08. The Morgan fingerprint density at radius 2 is 1.78 bits per heavy atom. The van der Waals surface area contributed by atoms with Crippen molar-refractivity contribution in [3.8, 4) is 0 Å². The van der Waals surface area contributed by atoms with Gasteiger partial charge in [0.05, 0.1) is 17.0 Å². The molecule has 0 unspecified atom stereocenters. The summed E-state index contributed by atoms with van der Waals surface area (Å²) in [7, 11) is -0.202. The Morgan fingerprint density at radius 1 is 1.22 bits per heavy atom. The first-order valence-electron chi connectivity index (χ1n) is 5.61. The molecule has 0 saturated carbocycles. The monoisotopic (exact) mass is 272 g/mol. The minimum atomic E-state index is -3.52. The first-order chi connectivity index (χ1) is 8.30. The van der Waals surface area contributed by atoms with E-state index in [2.05, 4.69) is 10.0 Å². The van der Waals surface area contributed by atoms with Crippen LogP contribution >= 0.6 is 0 Å². The second kappa shape index (κ2) is 5.69. The van der Waals surface area contributed by atoms with Crippen molar-refractivity contribution in [2.45, 2.75) is 24.3 Å². The molecular weight excluding hydrogens is 252 g/mol. The SMILES string of the molecule is CNc1ccc(S(=O)(=O)NC(C)(C)COC)cc1. The Morgan fingerprint density at radius 3 is 2.22 bits per heavy atom. The van der Waals surface area contributed by atoms with Crippen molar-refractivity contribution in [1.29, 1.82) is 0 Å². The number of hydrogen-bond donors (Lipinski definition) is 2. The molecular formula is C12H20N2O3S. The lowest BCUT2D eigenvalue weighted by atomic mass is 10.1. The van der Waals surface area contributed by atoms with Crippen molar-refractivity contribution in [2.75, 3.05) is 26.1 Å². The maximum atomic E-state index is 12.1. The molecule has 0 fully saturated rings. The molecule has 0 aromatic heterocycles. The minimum absolute atomic E-state index is 0.241. The highest BCUT2D eigenvalue weighted by Gasteiger charge is 2.25. The predicted octanol–water partition coefficient (Wildman–Crippen LogP) is 1.43. The van der Waals surface area contributed by atoms with E-state index in [1.165, 1.54) is 7.11 Å². The highest BCUT2D eigenvalue weighted by atomic mass is 32.2. The quantitative estimate of drug-likeness (QED) is 0.822. The van der Waals surface area contributed by atoms with E-state index in [-0.39, 0.29) is 4.90 Å². The third kappa shape index (κ3) is 3.97. The topological polar surface area (TPSA) is 67.4 Å². The first-order valence-corrected chi connectivity index (χ1v) is 7.10. The van der Waals surface area contributed by atoms with Crippen LogP contribution in [0.25, 0.3) is 0 Å². The molecule has 0 amide bonds. The van der Waals surface area contributed by atoms with Gasteiger partial charge in [-0.25, -0.2) is 13.1 Å². The zero-order valence-electron chi connectivity index (χ0n) is 11.1. The number of anilines is 1. The Labute approximate surface area is 109 Å². The van der Waals surface area contributed by atoms with Crippen molar-refractivity contribution >= 4 is 15.7 Å². The van der Waals surface area contributed by atoms with E-state index in [9.17, 15) is 8.42 Å². The van der Waals surface area contributed by atoms with E-state index in [4.69, 9.17) is 4.74 Å². The molecule has 18 heavy (non-hydrogen) atoms. The summed E-state index contributed by atoms with van der Waals surface area (Å²) >= 11 is 0. The number of benzene rings is 1. The minimum Gasteiger partial charge on any atom is -0.388 e. The maximum Gasteiger partial charge on any atom is 0.241 e. The summed E-state index contributed by atoms with van der Waals surface area (Å²) in [6.45, 7) is 3.85. The summed E-state index contributed by atoms with van der Waals surface area (Å²) in [5.41, 5.74) is 0.222. The number of ether oxygens (including phenoxy) is 1. The summed E-state index contributed by atoms with van der Waals surface area (Å²) in [4.78, 5) is 0.241. The molecule has 1 aromatic rings. The number of sulfonamides is 1. The highest BCUT2D eigenvalue weighted by Crippen LogP contribution is 2.16. The summed E-state index contributed by atoms with van der Waals surface area (Å²) in [5.74, 6) is 0. The third-order valence-electron chi connectivity index (χ3n) is 2.37. The molecule has 0 spiro atoms. The van der Waals surface area contributed by atoms with Crippen LogP contribution in [0.4, 0.5) is 5.69 Å². The molecule has 1 rings (SSSR count). The van der Waals surface area contributed by atoms with E-state index in [0.29, 0.717) is 6.61 Å². The molecule has 0 aliphatic heterocycles. The average Bonchev–Trinajstić information content (AvgIpc) is 2.27. The van der Waals surface area contributed by atoms with Crippen LogP contribution < -0.4 is 10.0 Å². The molecule has 0 atom stereocenters. The molecule has 0 radical (unpaired) electrons. The van der Waals surface area contributed by atoms with Gasteiger partial charge in [-0.2, -0.15) is 0 Å². The van der Waals surface area contributed by atoms with Crippen LogP contribution in [0, 0.1) is 0 Å². The van der Waals surface area contributed by atoms with Gasteiger partial charge >= 0.3 is 0 Å². The molecule has 0 saturated heterocycles. The van der Waals surface area contributed by atoms with Gasteiger partial charge in [-0.05, 0) is 38.1 Å². The van der Waals surface area contributed by atoms with Gasteiger partial charge in [0, 0.05) is 19.8 Å². The summed E-state index contributed by atoms with van der Waals surface area (Å²) in [6, 6.07) is 6.57. The van der Waals surface area contributed by atoms with E-state index in [0.717, 1.165) is 5.69 Å². The Balaban J connectivity index is 2.92. The van der Waals surface area contributed by atoms with E-state index in [1.54, 1.807) is 45.2 Å². The van der Waals surface area contributed by atoms with Crippen molar-refractivity contribution in [1.82, 2.24) is 4.72 Å². The molecule has 1 aromatic carbocycles. The van der Waals surface area contributed by atoms with Crippen LogP contribution in [0.1, 0.15) is 13.8 Å². The van der Waals surface area contributed by atoms with Gasteiger partial charge in [0.25, 0.3) is 0 Å². The zero-order valence-corrected chi connectivity index (χ0v) is 12.0. The molecule has 0 aliphatic rings. The Kier molecular flexibility index (Phi) is 4.72. The first kappa shape index (κ1) is 14.9. The molecule has 2 N–H and O–H groups in total. The molecule has 6 heteroatoms. The van der Waals surface area contributed by atoms with E-state index in [1.807, 2.05) is 0 Å². The zero-order chi connectivity index (χ0) is 13.8.